The first-order valence-electron chi connectivity index (χ1n) is 4.13. The Kier molecular flexibility index (Phi) is 3.86. The molecular formula is C10H9F2NO. The third-order valence-electron chi connectivity index (χ3n) is 1.59. The Morgan fingerprint density at radius 1 is 1.29 bits per heavy atom. The van der Waals surface area contributed by atoms with Crippen LogP contribution in [0.25, 0.3) is 0 Å². The Morgan fingerprint density at radius 3 is 2.43 bits per heavy atom. The molecule has 0 fully saturated rings. The second-order valence-electron chi connectivity index (χ2n) is 2.66. The first-order valence-corrected chi connectivity index (χ1v) is 4.13. The highest BCUT2D eigenvalue weighted by atomic mass is 19.3. The lowest BCUT2D eigenvalue weighted by atomic mass is 10.2. The zero-order chi connectivity index (χ0) is 10.4. The minimum atomic E-state index is -2.34. The zero-order valence-corrected chi connectivity index (χ0v) is 7.41. The van der Waals surface area contributed by atoms with E-state index >= 15 is 0 Å². The number of alkyl halides is 2. The first kappa shape index (κ1) is 10.5. The van der Waals surface area contributed by atoms with Crippen molar-refractivity contribution in [3.63, 3.8) is 0 Å². The van der Waals surface area contributed by atoms with Gasteiger partial charge in [-0.25, -0.2) is 8.78 Å². The number of rotatable bonds is 4. The topological polar surface area (TPSA) is 33.0 Å². The highest BCUT2D eigenvalue weighted by Gasteiger charge is 2.02. The van der Waals surface area contributed by atoms with E-state index in [1.165, 1.54) is 0 Å². The van der Waals surface area contributed by atoms with Crippen LogP contribution in [0.4, 0.5) is 8.78 Å². The highest BCUT2D eigenvalue weighted by molar-refractivity contribution is 5.34. The van der Waals surface area contributed by atoms with E-state index < -0.39 is 6.43 Å². The average Bonchev–Trinajstić information content (AvgIpc) is 2.18. The average molecular weight is 197 g/mol. The summed E-state index contributed by atoms with van der Waals surface area (Å²) in [7, 11) is 0. The normalized spacial score (nSPS) is 9.86. The number of nitriles is 1. The fraction of sp³-hybridized carbons (Fsp3) is 0.300. The summed E-state index contributed by atoms with van der Waals surface area (Å²) in [5.41, 5.74) is 0.520. The molecule has 0 N–H and O–H groups in total. The van der Waals surface area contributed by atoms with Crippen LogP contribution >= 0.6 is 0 Å². The van der Waals surface area contributed by atoms with Gasteiger partial charge in [0.15, 0.2) is 0 Å². The van der Waals surface area contributed by atoms with Crippen LogP contribution < -0.4 is 4.74 Å². The van der Waals surface area contributed by atoms with Gasteiger partial charge in [0.2, 0.25) is 6.43 Å². The maximum atomic E-state index is 11.7. The van der Waals surface area contributed by atoms with Crippen molar-refractivity contribution in [1.29, 1.82) is 5.26 Å². The van der Waals surface area contributed by atoms with Gasteiger partial charge in [-0.3, -0.25) is 0 Å². The van der Waals surface area contributed by atoms with Crippen LogP contribution in [0.1, 0.15) is 12.0 Å². The number of halogens is 2. The molecule has 1 aromatic carbocycles. The first-order chi connectivity index (χ1) is 6.72. The molecule has 0 aliphatic rings. The smallest absolute Gasteiger partial charge is 0.241 e. The van der Waals surface area contributed by atoms with Gasteiger partial charge in [0, 0.05) is 6.42 Å². The summed E-state index contributed by atoms with van der Waals surface area (Å²) in [5, 5.41) is 8.49. The SMILES string of the molecule is N#Cc1ccc(OCCC(F)F)cc1. The fourth-order valence-corrected chi connectivity index (χ4v) is 0.892. The number of hydrogen-bond acceptors (Lipinski definition) is 2. The van der Waals surface area contributed by atoms with Crippen LogP contribution in [0.5, 0.6) is 5.75 Å². The van der Waals surface area contributed by atoms with Gasteiger partial charge in [-0.2, -0.15) is 5.26 Å². The van der Waals surface area contributed by atoms with Crippen molar-refractivity contribution in [2.75, 3.05) is 6.61 Å². The number of nitrogens with zero attached hydrogens (tertiary/aromatic N) is 1. The summed E-state index contributed by atoms with van der Waals surface area (Å²) in [6.45, 7) is -0.0104. The predicted octanol–water partition coefficient (Wildman–Crippen LogP) is 2.59. The number of hydrogen-bond donors (Lipinski definition) is 0. The molecule has 1 aromatic rings. The molecule has 0 unspecified atom stereocenters. The van der Waals surface area contributed by atoms with Crippen molar-refractivity contribution in [2.45, 2.75) is 12.8 Å². The molecule has 0 spiro atoms. The molecule has 0 aliphatic carbocycles. The standard InChI is InChI=1S/C10H9F2NO/c11-10(12)5-6-14-9-3-1-8(7-13)2-4-9/h1-4,10H,5-6H2. The molecule has 1 rings (SSSR count). The molecule has 0 aliphatic heterocycles. The van der Waals surface area contributed by atoms with Crippen LogP contribution in [-0.4, -0.2) is 13.0 Å². The minimum absolute atomic E-state index is 0.0104. The Hall–Kier alpha value is -1.63. The largest absolute Gasteiger partial charge is 0.493 e. The van der Waals surface area contributed by atoms with Crippen LogP contribution in [-0.2, 0) is 0 Å². The Bertz CT molecular complexity index is 316. The van der Waals surface area contributed by atoms with Gasteiger partial charge in [0.05, 0.1) is 18.2 Å². The van der Waals surface area contributed by atoms with E-state index in [0.29, 0.717) is 11.3 Å². The summed E-state index contributed by atoms with van der Waals surface area (Å²) >= 11 is 0. The van der Waals surface area contributed by atoms with Gasteiger partial charge in [0.1, 0.15) is 5.75 Å². The molecule has 0 amide bonds. The van der Waals surface area contributed by atoms with Crippen molar-refractivity contribution < 1.29 is 13.5 Å². The molecule has 0 aromatic heterocycles. The van der Waals surface area contributed by atoms with Crippen LogP contribution in [0, 0.1) is 11.3 Å². The van der Waals surface area contributed by atoms with Crippen molar-refractivity contribution in [3.8, 4) is 11.8 Å². The van der Waals surface area contributed by atoms with E-state index in [2.05, 4.69) is 0 Å². The quantitative estimate of drug-likeness (QED) is 0.743. The van der Waals surface area contributed by atoms with E-state index in [4.69, 9.17) is 10.00 Å². The molecule has 74 valence electrons. The van der Waals surface area contributed by atoms with Crippen LogP contribution in [0.2, 0.25) is 0 Å². The molecule has 0 atom stereocenters. The molecular weight excluding hydrogens is 188 g/mol. The summed E-state index contributed by atoms with van der Waals surface area (Å²) < 4.78 is 28.5. The van der Waals surface area contributed by atoms with Gasteiger partial charge in [0.25, 0.3) is 0 Å². The fourth-order valence-electron chi connectivity index (χ4n) is 0.892. The zero-order valence-electron chi connectivity index (χ0n) is 7.41. The van der Waals surface area contributed by atoms with Crippen molar-refractivity contribution in [3.05, 3.63) is 29.8 Å². The third-order valence-corrected chi connectivity index (χ3v) is 1.59. The molecule has 0 heterocycles. The second-order valence-corrected chi connectivity index (χ2v) is 2.66. The third kappa shape index (κ3) is 3.40. The molecule has 2 nitrogen and oxygen atoms in total. The molecule has 0 radical (unpaired) electrons. The van der Waals surface area contributed by atoms with Crippen molar-refractivity contribution >= 4 is 0 Å². The van der Waals surface area contributed by atoms with Gasteiger partial charge in [-0.05, 0) is 24.3 Å². The maximum Gasteiger partial charge on any atom is 0.241 e. The molecule has 0 saturated heterocycles. The van der Waals surface area contributed by atoms with Crippen LogP contribution in [0.15, 0.2) is 24.3 Å². The monoisotopic (exact) mass is 197 g/mol. The minimum Gasteiger partial charge on any atom is -0.493 e. The summed E-state index contributed by atoms with van der Waals surface area (Å²) in [6.07, 6.45) is -2.62. The van der Waals surface area contributed by atoms with Gasteiger partial charge >= 0.3 is 0 Å². The predicted molar refractivity (Wildman–Crippen MR) is 47.3 cm³/mol. The molecule has 0 saturated carbocycles. The lowest BCUT2D eigenvalue weighted by molar-refractivity contribution is 0.114. The van der Waals surface area contributed by atoms with E-state index in [1.54, 1.807) is 24.3 Å². The summed E-state index contributed by atoms with van der Waals surface area (Å²) in [4.78, 5) is 0. The van der Waals surface area contributed by atoms with E-state index in [0.717, 1.165) is 0 Å². The summed E-state index contributed by atoms with van der Waals surface area (Å²) in [5.74, 6) is 0.504. The maximum absolute atomic E-state index is 11.7. The number of benzene rings is 1. The lowest BCUT2D eigenvalue weighted by Gasteiger charge is -2.04. The van der Waals surface area contributed by atoms with E-state index in [9.17, 15) is 8.78 Å². The van der Waals surface area contributed by atoms with Gasteiger partial charge in [-0.1, -0.05) is 0 Å². The summed E-state index contributed by atoms with van der Waals surface area (Å²) in [6, 6.07) is 8.29. The van der Waals surface area contributed by atoms with E-state index in [1.807, 2.05) is 6.07 Å². The number of ether oxygens (including phenoxy) is 1. The van der Waals surface area contributed by atoms with Crippen LogP contribution in [0.3, 0.4) is 0 Å². The molecule has 0 bridgehead atoms. The van der Waals surface area contributed by atoms with Gasteiger partial charge in [-0.15, -0.1) is 0 Å². The lowest BCUT2D eigenvalue weighted by Crippen LogP contribution is -2.02. The Labute approximate surface area is 80.7 Å². The van der Waals surface area contributed by atoms with Crippen molar-refractivity contribution in [1.82, 2.24) is 0 Å². The highest BCUT2D eigenvalue weighted by Crippen LogP contribution is 2.12. The molecule has 14 heavy (non-hydrogen) atoms. The van der Waals surface area contributed by atoms with E-state index in [-0.39, 0.29) is 13.0 Å². The Morgan fingerprint density at radius 2 is 1.93 bits per heavy atom. The Balaban J connectivity index is 2.41. The second kappa shape index (κ2) is 5.18. The van der Waals surface area contributed by atoms with Crippen molar-refractivity contribution in [2.24, 2.45) is 0 Å². The molecule has 4 heteroatoms. The van der Waals surface area contributed by atoms with Gasteiger partial charge < -0.3 is 4.74 Å².